The minimum Gasteiger partial charge on any atom is -0.255 e. The maximum Gasteiger partial charge on any atom is 0.0702 e. The lowest BCUT2D eigenvalue weighted by Crippen LogP contribution is -2.41. The predicted octanol–water partition coefficient (Wildman–Crippen LogP) is 5.90. The number of benzene rings is 1. The molecule has 1 nitrogen and oxygen atoms in total. The molecular weight excluding hydrogens is 346 g/mol. The van der Waals surface area contributed by atoms with E-state index in [9.17, 15) is 0 Å². The standard InChI is InChI=1S/C21H20BrN/c22-17-2-4-20(23-11-17)12-1-3-18-13-5-15-8-16-6-14(19(18)7-12)10-21(15,16)9-13/h1-4,7,11,13-16H,5-6,8-10H2. The summed E-state index contributed by atoms with van der Waals surface area (Å²) >= 11 is 3.48. The first-order valence-corrected chi connectivity index (χ1v) is 9.78. The van der Waals surface area contributed by atoms with Gasteiger partial charge in [-0.25, -0.2) is 0 Å². The van der Waals surface area contributed by atoms with Crippen molar-refractivity contribution in [3.05, 3.63) is 52.1 Å². The third-order valence-corrected chi connectivity index (χ3v) is 8.04. The van der Waals surface area contributed by atoms with Crippen LogP contribution < -0.4 is 0 Å². The summed E-state index contributed by atoms with van der Waals surface area (Å²) in [7, 11) is 0. The molecule has 3 fully saturated rings. The minimum absolute atomic E-state index is 0.754. The quantitative estimate of drug-likeness (QED) is 0.612. The molecular formula is C21H20BrN. The SMILES string of the molecule is Brc1ccc(-c2ccc3c(c2)C2CC4CC5CC3CC54C2)nc1. The molecule has 1 aromatic heterocycles. The number of fused-ring (bicyclic) bond motifs is 5. The van der Waals surface area contributed by atoms with Crippen LogP contribution in [-0.2, 0) is 0 Å². The van der Waals surface area contributed by atoms with Crippen molar-refractivity contribution >= 4 is 15.9 Å². The van der Waals surface area contributed by atoms with Crippen molar-refractivity contribution in [1.82, 2.24) is 4.98 Å². The lowest BCUT2D eigenvalue weighted by molar-refractivity contribution is 0.00322. The fraction of sp³-hybridized carbons (Fsp3) is 0.476. The summed E-state index contributed by atoms with van der Waals surface area (Å²) in [5, 5.41) is 0. The van der Waals surface area contributed by atoms with Crippen LogP contribution in [0.1, 0.15) is 55.1 Å². The van der Waals surface area contributed by atoms with E-state index in [0.717, 1.165) is 39.3 Å². The van der Waals surface area contributed by atoms with E-state index in [1.807, 2.05) is 6.20 Å². The van der Waals surface area contributed by atoms with Crippen LogP contribution in [0.25, 0.3) is 11.3 Å². The van der Waals surface area contributed by atoms with Gasteiger partial charge >= 0.3 is 0 Å². The molecule has 0 amide bonds. The minimum atomic E-state index is 0.754. The van der Waals surface area contributed by atoms with Crippen molar-refractivity contribution in [3.63, 3.8) is 0 Å². The Labute approximate surface area is 145 Å². The third kappa shape index (κ3) is 1.61. The molecule has 0 N–H and O–H groups in total. The summed E-state index contributed by atoms with van der Waals surface area (Å²) in [6.07, 6.45) is 9.31. The Morgan fingerprint density at radius 1 is 0.913 bits per heavy atom. The van der Waals surface area contributed by atoms with E-state index in [4.69, 9.17) is 0 Å². The molecule has 1 spiro atoms. The number of pyridine rings is 1. The number of rotatable bonds is 1. The highest BCUT2D eigenvalue weighted by Gasteiger charge is 2.65. The van der Waals surface area contributed by atoms with Crippen LogP contribution in [0.2, 0.25) is 0 Å². The molecule has 5 atom stereocenters. The Balaban J connectivity index is 1.49. The molecule has 6 rings (SSSR count). The van der Waals surface area contributed by atoms with E-state index < -0.39 is 0 Å². The van der Waals surface area contributed by atoms with Crippen LogP contribution in [0.3, 0.4) is 0 Å². The van der Waals surface area contributed by atoms with Gasteiger partial charge in [0.2, 0.25) is 0 Å². The Bertz CT molecular complexity index is 811. The molecule has 2 heteroatoms. The molecule has 2 aromatic rings. The second-order valence-corrected chi connectivity index (χ2v) is 9.26. The van der Waals surface area contributed by atoms with Gasteiger partial charge in [-0.2, -0.15) is 0 Å². The van der Waals surface area contributed by atoms with Gasteiger partial charge in [-0.1, -0.05) is 12.1 Å². The van der Waals surface area contributed by atoms with Gasteiger partial charge in [-0.05, 0) is 106 Å². The number of aromatic nitrogens is 1. The van der Waals surface area contributed by atoms with Gasteiger partial charge in [0.15, 0.2) is 0 Å². The number of hydrogen-bond acceptors (Lipinski definition) is 1. The van der Waals surface area contributed by atoms with Crippen molar-refractivity contribution in [3.8, 4) is 11.3 Å². The molecule has 1 aromatic carbocycles. The van der Waals surface area contributed by atoms with Gasteiger partial charge in [0.1, 0.15) is 0 Å². The fourth-order valence-corrected chi connectivity index (χ4v) is 6.88. The first kappa shape index (κ1) is 13.2. The zero-order valence-electron chi connectivity index (χ0n) is 13.1. The molecule has 0 radical (unpaired) electrons. The van der Waals surface area contributed by atoms with E-state index in [-0.39, 0.29) is 0 Å². The molecule has 4 aliphatic carbocycles. The summed E-state index contributed by atoms with van der Waals surface area (Å²) in [6, 6.07) is 11.4. The first-order valence-electron chi connectivity index (χ1n) is 8.99. The Kier molecular flexibility index (Phi) is 2.45. The topological polar surface area (TPSA) is 12.9 Å². The van der Waals surface area contributed by atoms with Crippen LogP contribution in [0.5, 0.6) is 0 Å². The van der Waals surface area contributed by atoms with Crippen molar-refractivity contribution in [2.75, 3.05) is 0 Å². The largest absolute Gasteiger partial charge is 0.255 e. The van der Waals surface area contributed by atoms with Crippen LogP contribution >= 0.6 is 15.9 Å². The van der Waals surface area contributed by atoms with E-state index in [0.29, 0.717) is 0 Å². The molecule has 23 heavy (non-hydrogen) atoms. The number of halogens is 1. The maximum absolute atomic E-state index is 4.61. The molecule has 0 aliphatic heterocycles. The Morgan fingerprint density at radius 3 is 2.43 bits per heavy atom. The zero-order valence-corrected chi connectivity index (χ0v) is 14.7. The summed E-state index contributed by atoms with van der Waals surface area (Å²) in [6.45, 7) is 0. The van der Waals surface area contributed by atoms with Gasteiger partial charge in [-0.15, -0.1) is 0 Å². The highest BCUT2D eigenvalue weighted by molar-refractivity contribution is 9.10. The van der Waals surface area contributed by atoms with Crippen LogP contribution in [0, 0.1) is 17.3 Å². The average Bonchev–Trinajstić information content (AvgIpc) is 2.98. The van der Waals surface area contributed by atoms with Gasteiger partial charge < -0.3 is 0 Å². The monoisotopic (exact) mass is 365 g/mol. The molecule has 3 bridgehead atoms. The number of hydrogen-bond donors (Lipinski definition) is 0. The van der Waals surface area contributed by atoms with Crippen LogP contribution in [-0.4, -0.2) is 4.98 Å². The highest BCUT2D eigenvalue weighted by atomic mass is 79.9. The lowest BCUT2D eigenvalue weighted by Gasteiger charge is -2.48. The van der Waals surface area contributed by atoms with E-state index in [2.05, 4.69) is 51.2 Å². The third-order valence-electron chi connectivity index (χ3n) is 7.58. The van der Waals surface area contributed by atoms with E-state index in [1.165, 1.54) is 37.7 Å². The maximum atomic E-state index is 4.61. The van der Waals surface area contributed by atoms with Gasteiger partial charge in [0.05, 0.1) is 5.69 Å². The first-order chi connectivity index (χ1) is 11.2. The molecule has 1 heterocycles. The van der Waals surface area contributed by atoms with E-state index >= 15 is 0 Å². The molecule has 3 saturated carbocycles. The zero-order chi connectivity index (χ0) is 15.2. The molecule has 5 unspecified atom stereocenters. The molecule has 116 valence electrons. The smallest absolute Gasteiger partial charge is 0.0702 e. The van der Waals surface area contributed by atoms with Crippen molar-refractivity contribution < 1.29 is 0 Å². The van der Waals surface area contributed by atoms with Crippen molar-refractivity contribution in [1.29, 1.82) is 0 Å². The van der Waals surface area contributed by atoms with Gasteiger partial charge in [0, 0.05) is 16.2 Å². The Hall–Kier alpha value is -1.15. The Morgan fingerprint density at radius 2 is 1.70 bits per heavy atom. The van der Waals surface area contributed by atoms with Crippen molar-refractivity contribution in [2.24, 2.45) is 17.3 Å². The second-order valence-electron chi connectivity index (χ2n) is 8.34. The fourth-order valence-electron chi connectivity index (χ4n) is 6.65. The van der Waals surface area contributed by atoms with Crippen LogP contribution in [0.4, 0.5) is 0 Å². The number of nitrogens with zero attached hydrogens (tertiary/aromatic N) is 1. The second kappa shape index (κ2) is 4.27. The van der Waals surface area contributed by atoms with Crippen molar-refractivity contribution in [2.45, 2.75) is 43.9 Å². The summed E-state index contributed by atoms with van der Waals surface area (Å²) in [4.78, 5) is 4.61. The lowest BCUT2D eigenvalue weighted by atomic mass is 9.56. The van der Waals surface area contributed by atoms with E-state index in [1.54, 1.807) is 11.1 Å². The summed E-state index contributed by atoms with van der Waals surface area (Å²) in [5.41, 5.74) is 6.50. The predicted molar refractivity (Wildman–Crippen MR) is 95.4 cm³/mol. The van der Waals surface area contributed by atoms with Gasteiger partial charge in [-0.3, -0.25) is 4.98 Å². The van der Waals surface area contributed by atoms with Crippen LogP contribution in [0.15, 0.2) is 41.0 Å². The normalized spacial score (nSPS) is 38.8. The molecule has 0 saturated heterocycles. The highest BCUT2D eigenvalue weighted by Crippen LogP contribution is 2.75. The molecule has 4 aliphatic rings. The summed E-state index contributed by atoms with van der Waals surface area (Å²) < 4.78 is 1.05. The average molecular weight is 366 g/mol. The van der Waals surface area contributed by atoms with Gasteiger partial charge in [0.25, 0.3) is 0 Å². The summed E-state index contributed by atoms with van der Waals surface area (Å²) in [5.74, 6) is 3.77.